The van der Waals surface area contributed by atoms with Gasteiger partial charge in [0, 0.05) is 53.9 Å². The number of hydrogen-bond donors (Lipinski definition) is 1. The maximum absolute atomic E-state index is 11.3. The number of nitrogens with one attached hydrogen (secondary N) is 1. The van der Waals surface area contributed by atoms with E-state index in [1.54, 1.807) is 11.3 Å². The van der Waals surface area contributed by atoms with E-state index in [9.17, 15) is 4.21 Å². The molecule has 0 aliphatic carbocycles. The molecule has 0 saturated carbocycles. The standard InChI is InChI=1S/C13H23N3OS2/c1-11(2)7-14-8-13-15-12(10-18-13)9-16-3-5-19(17)6-4-16/h10-11,14H,3-9H2,1-2H3. The lowest BCUT2D eigenvalue weighted by Crippen LogP contribution is -2.37. The van der Waals surface area contributed by atoms with Crippen molar-refractivity contribution in [2.24, 2.45) is 5.92 Å². The van der Waals surface area contributed by atoms with E-state index in [1.165, 1.54) is 0 Å². The molecule has 1 aliphatic heterocycles. The third kappa shape index (κ3) is 5.30. The SMILES string of the molecule is CC(C)CNCc1nc(CN2CCS(=O)CC2)cs1. The van der Waals surface area contributed by atoms with Gasteiger partial charge in [0.2, 0.25) is 0 Å². The van der Waals surface area contributed by atoms with Crippen molar-refractivity contribution in [2.75, 3.05) is 31.1 Å². The van der Waals surface area contributed by atoms with Crippen molar-refractivity contribution in [1.82, 2.24) is 15.2 Å². The van der Waals surface area contributed by atoms with Gasteiger partial charge in [-0.2, -0.15) is 0 Å². The van der Waals surface area contributed by atoms with E-state index in [0.29, 0.717) is 5.92 Å². The first-order valence-corrected chi connectivity index (χ1v) is 9.21. The Hall–Kier alpha value is -0.300. The second-order valence-electron chi connectivity index (χ2n) is 5.38. The topological polar surface area (TPSA) is 45.2 Å². The molecule has 0 amide bonds. The quantitative estimate of drug-likeness (QED) is 0.864. The molecule has 4 nitrogen and oxygen atoms in total. The molecule has 1 N–H and O–H groups in total. The monoisotopic (exact) mass is 301 g/mol. The van der Waals surface area contributed by atoms with Crippen LogP contribution in [0.4, 0.5) is 0 Å². The molecule has 2 heterocycles. The number of aromatic nitrogens is 1. The molecule has 1 aromatic heterocycles. The lowest BCUT2D eigenvalue weighted by atomic mass is 10.2. The molecular weight excluding hydrogens is 278 g/mol. The van der Waals surface area contributed by atoms with Gasteiger partial charge in [-0.3, -0.25) is 9.11 Å². The summed E-state index contributed by atoms with van der Waals surface area (Å²) in [6.45, 7) is 9.09. The predicted octanol–water partition coefficient (Wildman–Crippen LogP) is 1.45. The largest absolute Gasteiger partial charge is 0.310 e. The number of nitrogens with zero attached hydrogens (tertiary/aromatic N) is 2. The summed E-state index contributed by atoms with van der Waals surface area (Å²) in [5, 5.41) is 6.73. The van der Waals surface area contributed by atoms with Gasteiger partial charge >= 0.3 is 0 Å². The third-order valence-corrected chi connectivity index (χ3v) is 5.26. The summed E-state index contributed by atoms with van der Waals surface area (Å²) >= 11 is 1.73. The Bertz CT molecular complexity index is 410. The minimum atomic E-state index is -0.592. The first kappa shape index (κ1) is 15.1. The van der Waals surface area contributed by atoms with Gasteiger partial charge in [0.25, 0.3) is 0 Å². The maximum atomic E-state index is 11.3. The third-order valence-electron chi connectivity index (χ3n) is 3.08. The van der Waals surface area contributed by atoms with Crippen LogP contribution in [0.15, 0.2) is 5.38 Å². The van der Waals surface area contributed by atoms with Crippen molar-refractivity contribution in [3.63, 3.8) is 0 Å². The zero-order valence-electron chi connectivity index (χ0n) is 11.7. The van der Waals surface area contributed by atoms with Gasteiger partial charge in [-0.15, -0.1) is 11.3 Å². The van der Waals surface area contributed by atoms with Gasteiger partial charge in [-0.1, -0.05) is 13.8 Å². The van der Waals surface area contributed by atoms with Crippen LogP contribution in [0.1, 0.15) is 24.5 Å². The Kier molecular flexibility index (Phi) is 5.94. The van der Waals surface area contributed by atoms with Crippen LogP contribution < -0.4 is 5.32 Å². The molecule has 0 atom stereocenters. The van der Waals surface area contributed by atoms with E-state index >= 15 is 0 Å². The first-order valence-electron chi connectivity index (χ1n) is 6.85. The van der Waals surface area contributed by atoms with Crippen LogP contribution in [-0.4, -0.2) is 45.2 Å². The first-order chi connectivity index (χ1) is 9.13. The summed E-state index contributed by atoms with van der Waals surface area (Å²) in [4.78, 5) is 7.01. The molecule has 1 aromatic rings. The van der Waals surface area contributed by atoms with Crippen molar-refractivity contribution in [3.05, 3.63) is 16.1 Å². The van der Waals surface area contributed by atoms with Gasteiger partial charge in [-0.25, -0.2) is 4.98 Å². The predicted molar refractivity (Wildman–Crippen MR) is 81.8 cm³/mol. The van der Waals surface area contributed by atoms with Gasteiger partial charge in [0.1, 0.15) is 5.01 Å². The van der Waals surface area contributed by atoms with Crippen LogP contribution in [0.3, 0.4) is 0 Å². The van der Waals surface area contributed by atoms with E-state index in [-0.39, 0.29) is 0 Å². The van der Waals surface area contributed by atoms with Crippen LogP contribution in [0, 0.1) is 5.92 Å². The Morgan fingerprint density at radius 3 is 2.89 bits per heavy atom. The zero-order valence-corrected chi connectivity index (χ0v) is 13.4. The van der Waals surface area contributed by atoms with Gasteiger partial charge in [0.05, 0.1) is 5.69 Å². The minimum Gasteiger partial charge on any atom is -0.310 e. The summed E-state index contributed by atoms with van der Waals surface area (Å²) in [5.41, 5.74) is 1.15. The molecule has 19 heavy (non-hydrogen) atoms. The fraction of sp³-hybridized carbons (Fsp3) is 0.769. The molecule has 0 spiro atoms. The number of thiazole rings is 1. The highest BCUT2D eigenvalue weighted by Crippen LogP contribution is 2.13. The van der Waals surface area contributed by atoms with E-state index in [0.717, 1.165) is 54.9 Å². The maximum Gasteiger partial charge on any atom is 0.107 e. The van der Waals surface area contributed by atoms with Crippen LogP contribution in [0.5, 0.6) is 0 Å². The average molecular weight is 301 g/mol. The Morgan fingerprint density at radius 2 is 2.21 bits per heavy atom. The minimum absolute atomic E-state index is 0.592. The van der Waals surface area contributed by atoms with Crippen LogP contribution in [-0.2, 0) is 23.9 Å². The highest BCUT2D eigenvalue weighted by atomic mass is 32.2. The Balaban J connectivity index is 1.75. The molecule has 2 rings (SSSR count). The average Bonchev–Trinajstić information content (AvgIpc) is 2.79. The van der Waals surface area contributed by atoms with Crippen molar-refractivity contribution in [3.8, 4) is 0 Å². The highest BCUT2D eigenvalue weighted by molar-refractivity contribution is 7.85. The number of hydrogen-bond acceptors (Lipinski definition) is 5. The molecule has 108 valence electrons. The zero-order chi connectivity index (χ0) is 13.7. The lowest BCUT2D eigenvalue weighted by molar-refractivity contribution is 0.288. The van der Waals surface area contributed by atoms with Crippen LogP contribution >= 0.6 is 11.3 Å². The summed E-state index contributed by atoms with van der Waals surface area (Å²) in [6, 6.07) is 0. The summed E-state index contributed by atoms with van der Waals surface area (Å²) in [5.74, 6) is 2.30. The highest BCUT2D eigenvalue weighted by Gasteiger charge is 2.16. The van der Waals surface area contributed by atoms with Gasteiger partial charge < -0.3 is 5.32 Å². The van der Waals surface area contributed by atoms with Crippen molar-refractivity contribution in [2.45, 2.75) is 26.9 Å². The fourth-order valence-corrected chi connectivity index (χ4v) is 3.92. The molecule has 6 heteroatoms. The summed E-state index contributed by atoms with van der Waals surface area (Å²) < 4.78 is 11.3. The van der Waals surface area contributed by atoms with E-state index < -0.39 is 10.8 Å². The number of rotatable bonds is 6. The lowest BCUT2D eigenvalue weighted by Gasteiger charge is -2.25. The molecule has 1 fully saturated rings. The van der Waals surface area contributed by atoms with Crippen molar-refractivity contribution >= 4 is 22.1 Å². The molecule has 0 aromatic carbocycles. The Morgan fingerprint density at radius 1 is 1.47 bits per heavy atom. The van der Waals surface area contributed by atoms with E-state index in [2.05, 4.69) is 34.4 Å². The molecule has 1 aliphatic rings. The molecule has 0 radical (unpaired) electrons. The van der Waals surface area contributed by atoms with Crippen molar-refractivity contribution < 1.29 is 4.21 Å². The summed E-state index contributed by atoms with van der Waals surface area (Å²) in [7, 11) is -0.592. The smallest absolute Gasteiger partial charge is 0.107 e. The van der Waals surface area contributed by atoms with Gasteiger partial charge in [0.15, 0.2) is 0 Å². The van der Waals surface area contributed by atoms with E-state index in [1.807, 2.05) is 0 Å². The normalized spacial score (nSPS) is 18.3. The Labute approximate surface area is 122 Å². The van der Waals surface area contributed by atoms with E-state index in [4.69, 9.17) is 0 Å². The second-order valence-corrected chi connectivity index (χ2v) is 8.02. The van der Waals surface area contributed by atoms with Gasteiger partial charge in [-0.05, 0) is 12.5 Å². The molecular formula is C13H23N3OS2. The van der Waals surface area contributed by atoms with Crippen LogP contribution in [0.2, 0.25) is 0 Å². The summed E-state index contributed by atoms with van der Waals surface area (Å²) in [6.07, 6.45) is 0. The fourth-order valence-electron chi connectivity index (χ4n) is 2.03. The molecule has 0 unspecified atom stereocenters. The van der Waals surface area contributed by atoms with Crippen molar-refractivity contribution in [1.29, 1.82) is 0 Å². The van der Waals surface area contributed by atoms with Crippen LogP contribution in [0.25, 0.3) is 0 Å². The second kappa shape index (κ2) is 7.47. The molecule has 1 saturated heterocycles. The molecule has 0 bridgehead atoms.